The lowest BCUT2D eigenvalue weighted by Crippen LogP contribution is -2.43. The standard InChI is InChI=1S/C10H21N3O3S.ClH/c1-3-17(15,16)13(2)8-4-7-12-9(14)10(11)5-6-10;/h3-8,11H2,1-2H3,(H,12,14);1H. The maximum atomic E-state index is 11.5. The number of amides is 1. The molecule has 0 aromatic carbocycles. The molecule has 1 saturated carbocycles. The number of nitrogens with zero attached hydrogens (tertiary/aromatic N) is 1. The van der Waals surface area contributed by atoms with Crippen LogP contribution in [0.25, 0.3) is 0 Å². The van der Waals surface area contributed by atoms with Gasteiger partial charge in [0.2, 0.25) is 15.9 Å². The maximum Gasteiger partial charge on any atom is 0.240 e. The molecule has 8 heteroatoms. The Labute approximate surface area is 115 Å². The molecular formula is C10H22ClN3O3S. The molecule has 0 bridgehead atoms. The van der Waals surface area contributed by atoms with Crippen LogP contribution in [0, 0.1) is 0 Å². The molecule has 1 aliphatic rings. The number of hydrogen-bond acceptors (Lipinski definition) is 4. The second-order valence-electron chi connectivity index (χ2n) is 4.49. The number of nitrogens with two attached hydrogens (primary N) is 1. The molecule has 1 aliphatic carbocycles. The Morgan fingerprint density at radius 2 is 2.00 bits per heavy atom. The van der Waals surface area contributed by atoms with Crippen molar-refractivity contribution in [2.24, 2.45) is 5.73 Å². The zero-order valence-electron chi connectivity index (χ0n) is 10.8. The van der Waals surface area contributed by atoms with Crippen molar-refractivity contribution in [3.8, 4) is 0 Å². The van der Waals surface area contributed by atoms with Crippen LogP contribution in [0.15, 0.2) is 0 Å². The van der Waals surface area contributed by atoms with Crippen molar-refractivity contribution < 1.29 is 13.2 Å². The normalized spacial score (nSPS) is 17.1. The first-order valence-electron chi connectivity index (χ1n) is 5.83. The molecule has 3 N–H and O–H groups in total. The van der Waals surface area contributed by atoms with Crippen LogP contribution in [0.2, 0.25) is 0 Å². The van der Waals surface area contributed by atoms with Crippen molar-refractivity contribution in [2.45, 2.75) is 31.7 Å². The molecule has 18 heavy (non-hydrogen) atoms. The van der Waals surface area contributed by atoms with E-state index in [1.165, 1.54) is 4.31 Å². The summed E-state index contributed by atoms with van der Waals surface area (Å²) in [5.74, 6) is -0.0274. The van der Waals surface area contributed by atoms with Gasteiger partial charge in [-0.2, -0.15) is 0 Å². The second kappa shape index (κ2) is 6.70. The van der Waals surface area contributed by atoms with Crippen LogP contribution in [0.4, 0.5) is 0 Å². The number of carbonyl (C=O) groups excluding carboxylic acids is 1. The number of nitrogens with one attached hydrogen (secondary N) is 1. The highest BCUT2D eigenvalue weighted by Crippen LogP contribution is 2.31. The largest absolute Gasteiger partial charge is 0.354 e. The summed E-state index contributed by atoms with van der Waals surface area (Å²) < 4.78 is 24.1. The molecule has 1 fully saturated rings. The zero-order valence-corrected chi connectivity index (χ0v) is 12.4. The van der Waals surface area contributed by atoms with Gasteiger partial charge in [0.15, 0.2) is 0 Å². The first-order valence-corrected chi connectivity index (χ1v) is 7.44. The Morgan fingerprint density at radius 1 is 1.44 bits per heavy atom. The Kier molecular flexibility index (Phi) is 6.56. The fraction of sp³-hybridized carbons (Fsp3) is 0.900. The number of rotatable bonds is 7. The highest BCUT2D eigenvalue weighted by Gasteiger charge is 2.45. The fourth-order valence-electron chi connectivity index (χ4n) is 1.40. The molecule has 0 aromatic rings. The van der Waals surface area contributed by atoms with Crippen molar-refractivity contribution in [1.82, 2.24) is 9.62 Å². The Balaban J connectivity index is 0.00000289. The summed E-state index contributed by atoms with van der Waals surface area (Å²) in [4.78, 5) is 11.5. The molecule has 0 aromatic heterocycles. The molecule has 1 rings (SSSR count). The molecule has 0 radical (unpaired) electrons. The van der Waals surface area contributed by atoms with Gasteiger partial charge in [0, 0.05) is 20.1 Å². The Morgan fingerprint density at radius 3 is 2.44 bits per heavy atom. The van der Waals surface area contributed by atoms with Gasteiger partial charge in [-0.3, -0.25) is 4.79 Å². The average Bonchev–Trinajstić information content (AvgIpc) is 3.03. The van der Waals surface area contributed by atoms with Crippen LogP contribution < -0.4 is 11.1 Å². The van der Waals surface area contributed by atoms with Gasteiger partial charge in [0.1, 0.15) is 0 Å². The van der Waals surface area contributed by atoms with Crippen molar-refractivity contribution in [3.63, 3.8) is 0 Å². The Hall–Kier alpha value is -0.370. The van der Waals surface area contributed by atoms with Gasteiger partial charge < -0.3 is 11.1 Å². The minimum Gasteiger partial charge on any atom is -0.354 e. The molecule has 0 unspecified atom stereocenters. The number of carbonyl (C=O) groups is 1. The molecule has 1 amide bonds. The van der Waals surface area contributed by atoms with Crippen molar-refractivity contribution in [1.29, 1.82) is 0 Å². The number of hydrogen-bond donors (Lipinski definition) is 2. The summed E-state index contributed by atoms with van der Waals surface area (Å²) in [6, 6.07) is 0. The molecular weight excluding hydrogens is 278 g/mol. The summed E-state index contributed by atoms with van der Waals surface area (Å²) >= 11 is 0. The quantitative estimate of drug-likeness (QED) is 0.631. The van der Waals surface area contributed by atoms with E-state index in [1.807, 2.05) is 0 Å². The van der Waals surface area contributed by atoms with E-state index in [1.54, 1.807) is 14.0 Å². The van der Waals surface area contributed by atoms with Crippen LogP contribution in [0.5, 0.6) is 0 Å². The summed E-state index contributed by atoms with van der Waals surface area (Å²) in [5, 5.41) is 2.72. The molecule has 0 spiro atoms. The maximum absolute atomic E-state index is 11.5. The highest BCUT2D eigenvalue weighted by molar-refractivity contribution is 7.89. The minimum absolute atomic E-state index is 0. The monoisotopic (exact) mass is 299 g/mol. The second-order valence-corrected chi connectivity index (χ2v) is 6.85. The van der Waals surface area contributed by atoms with Gasteiger partial charge >= 0.3 is 0 Å². The third-order valence-electron chi connectivity index (χ3n) is 3.02. The topological polar surface area (TPSA) is 92.5 Å². The summed E-state index contributed by atoms with van der Waals surface area (Å²) in [5.41, 5.74) is 5.05. The molecule has 0 atom stereocenters. The van der Waals surface area contributed by atoms with E-state index in [0.29, 0.717) is 19.5 Å². The summed E-state index contributed by atoms with van der Waals surface area (Å²) in [7, 11) is -1.57. The molecule has 0 saturated heterocycles. The van der Waals surface area contributed by atoms with E-state index >= 15 is 0 Å². The Bertz CT molecular complexity index is 382. The molecule has 6 nitrogen and oxygen atoms in total. The van der Waals surface area contributed by atoms with E-state index in [4.69, 9.17) is 5.73 Å². The predicted molar refractivity (Wildman–Crippen MR) is 73.1 cm³/mol. The van der Waals surface area contributed by atoms with E-state index in [0.717, 1.165) is 12.8 Å². The van der Waals surface area contributed by atoms with Gasteiger partial charge in [0.05, 0.1) is 11.3 Å². The molecule has 0 heterocycles. The first kappa shape index (κ1) is 17.6. The number of sulfonamides is 1. The third-order valence-corrected chi connectivity index (χ3v) is 4.88. The lowest BCUT2D eigenvalue weighted by atomic mass is 10.2. The van der Waals surface area contributed by atoms with Crippen molar-refractivity contribution in [2.75, 3.05) is 25.9 Å². The third kappa shape index (κ3) is 4.72. The lowest BCUT2D eigenvalue weighted by Gasteiger charge is -2.16. The molecule has 108 valence electrons. The average molecular weight is 300 g/mol. The van der Waals surface area contributed by atoms with Gasteiger partial charge in [-0.15, -0.1) is 12.4 Å². The van der Waals surface area contributed by atoms with Gasteiger partial charge in [-0.25, -0.2) is 12.7 Å². The summed E-state index contributed by atoms with van der Waals surface area (Å²) in [6.07, 6.45) is 2.07. The summed E-state index contributed by atoms with van der Waals surface area (Å²) in [6.45, 7) is 2.48. The predicted octanol–water partition coefficient (Wildman–Crippen LogP) is -0.313. The lowest BCUT2D eigenvalue weighted by molar-refractivity contribution is -0.123. The van der Waals surface area contributed by atoms with E-state index < -0.39 is 15.6 Å². The van der Waals surface area contributed by atoms with Crippen LogP contribution in [-0.2, 0) is 14.8 Å². The van der Waals surface area contributed by atoms with Crippen molar-refractivity contribution in [3.05, 3.63) is 0 Å². The van der Waals surface area contributed by atoms with E-state index in [-0.39, 0.29) is 24.1 Å². The van der Waals surface area contributed by atoms with Crippen LogP contribution in [0.3, 0.4) is 0 Å². The molecule has 0 aliphatic heterocycles. The van der Waals surface area contributed by atoms with Crippen LogP contribution in [0.1, 0.15) is 26.2 Å². The minimum atomic E-state index is -3.12. The highest BCUT2D eigenvalue weighted by atomic mass is 35.5. The van der Waals surface area contributed by atoms with Crippen LogP contribution in [-0.4, -0.2) is 50.1 Å². The van der Waals surface area contributed by atoms with E-state index in [9.17, 15) is 13.2 Å². The van der Waals surface area contributed by atoms with Gasteiger partial charge in [0.25, 0.3) is 0 Å². The zero-order chi connectivity index (χ0) is 13.1. The smallest absolute Gasteiger partial charge is 0.240 e. The number of halogens is 1. The fourth-order valence-corrected chi connectivity index (χ4v) is 2.25. The van der Waals surface area contributed by atoms with Gasteiger partial charge in [-0.1, -0.05) is 0 Å². The first-order chi connectivity index (χ1) is 7.82. The van der Waals surface area contributed by atoms with Gasteiger partial charge in [-0.05, 0) is 26.2 Å². The van der Waals surface area contributed by atoms with Crippen LogP contribution >= 0.6 is 12.4 Å². The van der Waals surface area contributed by atoms with Crippen molar-refractivity contribution >= 4 is 28.3 Å². The van der Waals surface area contributed by atoms with E-state index in [2.05, 4.69) is 5.32 Å². The SMILES string of the molecule is CCS(=O)(=O)N(C)CCCNC(=O)C1(N)CC1.Cl.